The van der Waals surface area contributed by atoms with E-state index in [0.717, 1.165) is 17.2 Å². The van der Waals surface area contributed by atoms with E-state index in [1.54, 1.807) is 23.3 Å². The summed E-state index contributed by atoms with van der Waals surface area (Å²) in [5.74, 6) is 0.760. The fourth-order valence-corrected chi connectivity index (χ4v) is 1.31. The molecule has 0 radical (unpaired) electrons. The molecule has 5 heteroatoms. The van der Waals surface area contributed by atoms with Gasteiger partial charge < -0.3 is 5.32 Å². The lowest BCUT2D eigenvalue weighted by molar-refractivity contribution is 0.773. The first-order valence-electron chi connectivity index (χ1n) is 4.30. The van der Waals surface area contributed by atoms with Crippen LogP contribution in [0.4, 0.5) is 5.82 Å². The molecule has 0 aliphatic heterocycles. The second kappa shape index (κ2) is 3.45. The third kappa shape index (κ3) is 1.32. The van der Waals surface area contributed by atoms with Gasteiger partial charge in [0.2, 0.25) is 0 Å². The first-order valence-corrected chi connectivity index (χ1v) is 4.30. The minimum atomic E-state index is 0.760. The second-order valence-corrected chi connectivity index (χ2v) is 2.84. The monoisotopic (exact) mass is 189 g/mol. The standard InChI is InChI=1S/C9H11N5/c1-10-9-8(11-5-6-12-9)7-3-4-13-14(7)2/h3-6H,1-2H3,(H,10,12). The molecule has 2 aromatic heterocycles. The summed E-state index contributed by atoms with van der Waals surface area (Å²) in [5.41, 5.74) is 1.76. The lowest BCUT2D eigenvalue weighted by atomic mass is 10.3. The van der Waals surface area contributed by atoms with Crippen LogP contribution in [0.5, 0.6) is 0 Å². The molecule has 2 heterocycles. The third-order valence-corrected chi connectivity index (χ3v) is 2.00. The predicted octanol–water partition coefficient (Wildman–Crippen LogP) is 0.919. The molecule has 0 saturated heterocycles. The van der Waals surface area contributed by atoms with E-state index in [-0.39, 0.29) is 0 Å². The van der Waals surface area contributed by atoms with E-state index in [1.807, 2.05) is 20.2 Å². The Kier molecular flexibility index (Phi) is 2.14. The number of rotatable bonds is 2. The van der Waals surface area contributed by atoms with Crippen molar-refractivity contribution < 1.29 is 0 Å². The summed E-state index contributed by atoms with van der Waals surface area (Å²) in [6, 6.07) is 1.91. The molecule has 0 spiro atoms. The van der Waals surface area contributed by atoms with E-state index in [4.69, 9.17) is 0 Å². The van der Waals surface area contributed by atoms with Crippen LogP contribution in [0.15, 0.2) is 24.7 Å². The quantitative estimate of drug-likeness (QED) is 0.763. The van der Waals surface area contributed by atoms with E-state index in [1.165, 1.54) is 0 Å². The summed E-state index contributed by atoms with van der Waals surface area (Å²) in [4.78, 5) is 8.45. The van der Waals surface area contributed by atoms with Crippen molar-refractivity contribution in [2.75, 3.05) is 12.4 Å². The summed E-state index contributed by atoms with van der Waals surface area (Å²) < 4.78 is 1.77. The van der Waals surface area contributed by atoms with Gasteiger partial charge in [0.1, 0.15) is 5.69 Å². The van der Waals surface area contributed by atoms with E-state index in [9.17, 15) is 0 Å². The van der Waals surface area contributed by atoms with Crippen molar-refractivity contribution in [2.24, 2.45) is 7.05 Å². The number of hydrogen-bond acceptors (Lipinski definition) is 4. The molecule has 0 aromatic carbocycles. The highest BCUT2D eigenvalue weighted by atomic mass is 15.3. The molecule has 2 aromatic rings. The minimum Gasteiger partial charge on any atom is -0.371 e. The zero-order chi connectivity index (χ0) is 9.97. The van der Waals surface area contributed by atoms with Gasteiger partial charge in [-0.15, -0.1) is 0 Å². The Hall–Kier alpha value is -1.91. The molecule has 0 atom stereocenters. The van der Waals surface area contributed by atoms with Crippen LogP contribution in [0.25, 0.3) is 11.4 Å². The lowest BCUT2D eigenvalue weighted by Gasteiger charge is -2.05. The van der Waals surface area contributed by atoms with Crippen LogP contribution in [-0.4, -0.2) is 26.8 Å². The maximum Gasteiger partial charge on any atom is 0.153 e. The van der Waals surface area contributed by atoms with Gasteiger partial charge in [-0.3, -0.25) is 4.68 Å². The molecule has 14 heavy (non-hydrogen) atoms. The predicted molar refractivity (Wildman–Crippen MR) is 53.8 cm³/mol. The summed E-state index contributed by atoms with van der Waals surface area (Å²) >= 11 is 0. The van der Waals surface area contributed by atoms with Crippen molar-refractivity contribution in [1.82, 2.24) is 19.7 Å². The van der Waals surface area contributed by atoms with Crippen LogP contribution in [0.1, 0.15) is 0 Å². The van der Waals surface area contributed by atoms with Gasteiger partial charge in [-0.25, -0.2) is 9.97 Å². The molecule has 72 valence electrons. The van der Waals surface area contributed by atoms with E-state index < -0.39 is 0 Å². The van der Waals surface area contributed by atoms with Gasteiger partial charge in [0.25, 0.3) is 0 Å². The Balaban J connectivity index is 2.56. The normalized spacial score (nSPS) is 10.1. The smallest absolute Gasteiger partial charge is 0.153 e. The number of anilines is 1. The second-order valence-electron chi connectivity index (χ2n) is 2.84. The summed E-state index contributed by atoms with van der Waals surface area (Å²) in [6.45, 7) is 0. The maximum atomic E-state index is 4.27. The molecule has 5 nitrogen and oxygen atoms in total. The molecule has 0 aliphatic rings. The SMILES string of the molecule is CNc1nccnc1-c1ccnn1C. The van der Waals surface area contributed by atoms with Gasteiger partial charge >= 0.3 is 0 Å². The molecule has 0 unspecified atom stereocenters. The Morgan fingerprint density at radius 1 is 1.21 bits per heavy atom. The Morgan fingerprint density at radius 3 is 2.64 bits per heavy atom. The molecular weight excluding hydrogens is 178 g/mol. The van der Waals surface area contributed by atoms with Crippen molar-refractivity contribution >= 4 is 5.82 Å². The van der Waals surface area contributed by atoms with Crippen molar-refractivity contribution in [3.63, 3.8) is 0 Å². The van der Waals surface area contributed by atoms with Crippen molar-refractivity contribution in [3.8, 4) is 11.4 Å². The number of aromatic nitrogens is 4. The topological polar surface area (TPSA) is 55.6 Å². The zero-order valence-corrected chi connectivity index (χ0v) is 8.10. The van der Waals surface area contributed by atoms with Crippen LogP contribution in [0, 0.1) is 0 Å². The van der Waals surface area contributed by atoms with Crippen LogP contribution in [0.3, 0.4) is 0 Å². The van der Waals surface area contributed by atoms with Gasteiger partial charge in [0, 0.05) is 32.7 Å². The minimum absolute atomic E-state index is 0.760. The van der Waals surface area contributed by atoms with Crippen molar-refractivity contribution in [2.45, 2.75) is 0 Å². The number of nitrogens with one attached hydrogen (secondary N) is 1. The highest BCUT2D eigenvalue weighted by Crippen LogP contribution is 2.21. The molecule has 0 saturated carbocycles. The van der Waals surface area contributed by atoms with E-state index >= 15 is 0 Å². The van der Waals surface area contributed by atoms with Gasteiger partial charge in [-0.05, 0) is 6.07 Å². The molecule has 1 N–H and O–H groups in total. The summed E-state index contributed by atoms with van der Waals surface area (Å²) in [6.07, 6.45) is 5.07. The highest BCUT2D eigenvalue weighted by Gasteiger charge is 2.08. The summed E-state index contributed by atoms with van der Waals surface area (Å²) in [7, 11) is 3.70. The fraction of sp³-hybridized carbons (Fsp3) is 0.222. The van der Waals surface area contributed by atoms with Crippen LogP contribution in [-0.2, 0) is 7.05 Å². The molecule has 0 bridgehead atoms. The number of hydrogen-bond donors (Lipinski definition) is 1. The molecule has 0 fully saturated rings. The van der Waals surface area contributed by atoms with E-state index in [0.29, 0.717) is 0 Å². The molecular formula is C9H11N5. The molecule has 0 aliphatic carbocycles. The van der Waals surface area contributed by atoms with Crippen LogP contribution in [0.2, 0.25) is 0 Å². The summed E-state index contributed by atoms with van der Waals surface area (Å²) in [5, 5.41) is 7.09. The average Bonchev–Trinajstić information content (AvgIpc) is 2.64. The molecule has 2 rings (SSSR count). The molecule has 0 amide bonds. The zero-order valence-electron chi connectivity index (χ0n) is 8.10. The van der Waals surface area contributed by atoms with Crippen LogP contribution < -0.4 is 5.32 Å². The third-order valence-electron chi connectivity index (χ3n) is 2.00. The lowest BCUT2D eigenvalue weighted by Crippen LogP contribution is -2.01. The van der Waals surface area contributed by atoms with Gasteiger partial charge in [0.05, 0.1) is 5.69 Å². The maximum absolute atomic E-state index is 4.27. The Bertz CT molecular complexity index is 434. The number of nitrogens with zero attached hydrogens (tertiary/aromatic N) is 4. The van der Waals surface area contributed by atoms with Crippen molar-refractivity contribution in [1.29, 1.82) is 0 Å². The first kappa shape index (κ1) is 8.68. The highest BCUT2D eigenvalue weighted by molar-refractivity contribution is 5.67. The first-order chi connectivity index (χ1) is 6.83. The number of aryl methyl sites for hydroxylation is 1. The van der Waals surface area contributed by atoms with Gasteiger partial charge in [-0.1, -0.05) is 0 Å². The fourth-order valence-electron chi connectivity index (χ4n) is 1.31. The average molecular weight is 189 g/mol. The van der Waals surface area contributed by atoms with Gasteiger partial charge in [0.15, 0.2) is 5.82 Å². The van der Waals surface area contributed by atoms with E-state index in [2.05, 4.69) is 20.4 Å². The van der Waals surface area contributed by atoms with Crippen molar-refractivity contribution in [3.05, 3.63) is 24.7 Å². The van der Waals surface area contributed by atoms with Gasteiger partial charge in [-0.2, -0.15) is 5.10 Å². The largest absolute Gasteiger partial charge is 0.371 e. The Labute approximate surface area is 81.8 Å². The Morgan fingerprint density at radius 2 is 2.00 bits per heavy atom. The van der Waals surface area contributed by atoms with Crippen LogP contribution >= 0.6 is 0 Å².